The fourth-order valence-corrected chi connectivity index (χ4v) is 2.97. The van der Waals surface area contributed by atoms with E-state index in [4.69, 9.17) is 9.47 Å². The standard InChI is InChI=1S/C24H24N2O4/c1-3-29-23-21(10-7-15-25-23)24(28)30-16-22(27)26-17(2)18-11-13-20(14-12-18)19-8-5-4-6-9-19/h4-15,17H,3,16H2,1-2H3,(H,26,27)/t17-/m0/s1. The first-order chi connectivity index (χ1) is 14.6. The molecule has 2 aromatic carbocycles. The van der Waals surface area contributed by atoms with Gasteiger partial charge in [-0.05, 0) is 42.7 Å². The van der Waals surface area contributed by atoms with Gasteiger partial charge in [0, 0.05) is 6.20 Å². The van der Waals surface area contributed by atoms with Crippen LogP contribution in [0.5, 0.6) is 5.88 Å². The van der Waals surface area contributed by atoms with E-state index >= 15 is 0 Å². The van der Waals surface area contributed by atoms with E-state index in [0.717, 1.165) is 16.7 Å². The van der Waals surface area contributed by atoms with Gasteiger partial charge >= 0.3 is 5.97 Å². The SMILES string of the molecule is CCOc1ncccc1C(=O)OCC(=O)N[C@@H](C)c1ccc(-c2ccccc2)cc1. The topological polar surface area (TPSA) is 77.5 Å². The summed E-state index contributed by atoms with van der Waals surface area (Å²) in [6.45, 7) is 3.67. The molecule has 0 saturated heterocycles. The molecule has 0 aliphatic rings. The minimum Gasteiger partial charge on any atom is -0.477 e. The van der Waals surface area contributed by atoms with Crippen LogP contribution in [0.15, 0.2) is 72.9 Å². The third-order valence-corrected chi connectivity index (χ3v) is 4.50. The molecule has 1 heterocycles. The van der Waals surface area contributed by atoms with Crippen molar-refractivity contribution in [2.75, 3.05) is 13.2 Å². The summed E-state index contributed by atoms with van der Waals surface area (Å²) in [6, 6.07) is 21.0. The number of carbonyl (C=O) groups is 2. The van der Waals surface area contributed by atoms with Gasteiger partial charge in [-0.25, -0.2) is 9.78 Å². The number of aromatic nitrogens is 1. The fraction of sp³-hybridized carbons (Fsp3) is 0.208. The highest BCUT2D eigenvalue weighted by atomic mass is 16.5. The summed E-state index contributed by atoms with van der Waals surface area (Å²) in [6.07, 6.45) is 1.53. The number of nitrogens with zero attached hydrogens (tertiary/aromatic N) is 1. The van der Waals surface area contributed by atoms with E-state index in [1.165, 1.54) is 6.20 Å². The molecule has 0 spiro atoms. The van der Waals surface area contributed by atoms with Crippen LogP contribution in [0.4, 0.5) is 0 Å². The molecule has 0 bridgehead atoms. The van der Waals surface area contributed by atoms with Gasteiger partial charge < -0.3 is 14.8 Å². The molecule has 3 aromatic rings. The lowest BCUT2D eigenvalue weighted by molar-refractivity contribution is -0.124. The summed E-state index contributed by atoms with van der Waals surface area (Å²) in [5.41, 5.74) is 3.39. The number of benzene rings is 2. The summed E-state index contributed by atoms with van der Waals surface area (Å²) >= 11 is 0. The van der Waals surface area contributed by atoms with Crippen molar-refractivity contribution >= 4 is 11.9 Å². The molecule has 30 heavy (non-hydrogen) atoms. The summed E-state index contributed by atoms with van der Waals surface area (Å²) < 4.78 is 10.4. The number of hydrogen-bond acceptors (Lipinski definition) is 5. The van der Waals surface area contributed by atoms with E-state index in [2.05, 4.69) is 10.3 Å². The lowest BCUT2D eigenvalue weighted by atomic mass is 10.0. The van der Waals surface area contributed by atoms with Crippen LogP contribution in [0.25, 0.3) is 11.1 Å². The zero-order chi connectivity index (χ0) is 21.3. The molecule has 0 fully saturated rings. The van der Waals surface area contributed by atoms with Gasteiger partial charge in [-0.15, -0.1) is 0 Å². The molecule has 1 aromatic heterocycles. The third kappa shape index (κ3) is 5.44. The molecule has 0 aliphatic heterocycles. The van der Waals surface area contributed by atoms with Crippen molar-refractivity contribution in [1.82, 2.24) is 10.3 Å². The average molecular weight is 404 g/mol. The molecular formula is C24H24N2O4. The zero-order valence-electron chi connectivity index (χ0n) is 17.0. The molecule has 6 heteroatoms. The Morgan fingerprint density at radius 3 is 2.37 bits per heavy atom. The first-order valence-electron chi connectivity index (χ1n) is 9.78. The first-order valence-corrected chi connectivity index (χ1v) is 9.78. The van der Waals surface area contributed by atoms with Crippen molar-refractivity contribution in [3.05, 3.63) is 84.1 Å². The molecule has 154 valence electrons. The van der Waals surface area contributed by atoms with E-state index in [1.54, 1.807) is 19.1 Å². The molecule has 0 radical (unpaired) electrons. The number of amides is 1. The van der Waals surface area contributed by atoms with Crippen LogP contribution in [-0.2, 0) is 9.53 Å². The van der Waals surface area contributed by atoms with Gasteiger partial charge in [-0.3, -0.25) is 4.79 Å². The van der Waals surface area contributed by atoms with E-state index in [1.807, 2.05) is 61.5 Å². The highest BCUT2D eigenvalue weighted by Gasteiger charge is 2.17. The molecule has 3 rings (SSSR count). The predicted molar refractivity (Wildman–Crippen MR) is 114 cm³/mol. The Kier molecular flexibility index (Phi) is 7.16. The Morgan fingerprint density at radius 1 is 0.967 bits per heavy atom. The lowest BCUT2D eigenvalue weighted by Crippen LogP contribution is -2.31. The third-order valence-electron chi connectivity index (χ3n) is 4.50. The smallest absolute Gasteiger partial charge is 0.344 e. The van der Waals surface area contributed by atoms with Crippen LogP contribution in [-0.4, -0.2) is 30.1 Å². The molecule has 0 saturated carbocycles. The van der Waals surface area contributed by atoms with Crippen LogP contribution in [0.2, 0.25) is 0 Å². The zero-order valence-corrected chi connectivity index (χ0v) is 17.0. The Balaban J connectivity index is 1.54. The van der Waals surface area contributed by atoms with Crippen molar-refractivity contribution < 1.29 is 19.1 Å². The van der Waals surface area contributed by atoms with Crippen LogP contribution in [0.3, 0.4) is 0 Å². The van der Waals surface area contributed by atoms with Crippen molar-refractivity contribution in [1.29, 1.82) is 0 Å². The number of ether oxygens (including phenoxy) is 2. The van der Waals surface area contributed by atoms with Crippen LogP contribution >= 0.6 is 0 Å². The van der Waals surface area contributed by atoms with Crippen LogP contribution < -0.4 is 10.1 Å². The highest BCUT2D eigenvalue weighted by Crippen LogP contribution is 2.22. The van der Waals surface area contributed by atoms with E-state index in [-0.39, 0.29) is 30.0 Å². The van der Waals surface area contributed by atoms with Gasteiger partial charge in [0.05, 0.1) is 12.6 Å². The highest BCUT2D eigenvalue weighted by molar-refractivity contribution is 5.93. The number of nitrogens with one attached hydrogen (secondary N) is 1. The molecular weight excluding hydrogens is 380 g/mol. The number of rotatable bonds is 8. The van der Waals surface area contributed by atoms with Crippen molar-refractivity contribution in [3.8, 4) is 17.0 Å². The molecule has 1 atom stereocenters. The Labute approximate surface area is 175 Å². The summed E-state index contributed by atoms with van der Waals surface area (Å²) in [5.74, 6) is -0.844. The molecule has 0 unspecified atom stereocenters. The number of carbonyl (C=O) groups excluding carboxylic acids is 2. The Bertz CT molecular complexity index is 988. The van der Waals surface area contributed by atoms with Gasteiger partial charge in [-0.1, -0.05) is 54.6 Å². The fourth-order valence-electron chi connectivity index (χ4n) is 2.97. The minimum atomic E-state index is -0.651. The molecule has 1 N–H and O–H groups in total. The van der Waals surface area contributed by atoms with Crippen molar-refractivity contribution in [3.63, 3.8) is 0 Å². The van der Waals surface area contributed by atoms with E-state index < -0.39 is 5.97 Å². The van der Waals surface area contributed by atoms with Gasteiger partial charge in [0.25, 0.3) is 5.91 Å². The van der Waals surface area contributed by atoms with Gasteiger partial charge in [0.1, 0.15) is 5.56 Å². The average Bonchev–Trinajstić information content (AvgIpc) is 2.79. The minimum absolute atomic E-state index is 0.191. The maximum Gasteiger partial charge on any atom is 0.344 e. The Hall–Kier alpha value is -3.67. The Morgan fingerprint density at radius 2 is 1.67 bits per heavy atom. The number of hydrogen-bond donors (Lipinski definition) is 1. The van der Waals surface area contributed by atoms with E-state index in [0.29, 0.717) is 6.61 Å². The van der Waals surface area contributed by atoms with Gasteiger partial charge in [0.15, 0.2) is 6.61 Å². The van der Waals surface area contributed by atoms with Crippen LogP contribution in [0, 0.1) is 0 Å². The van der Waals surface area contributed by atoms with Crippen molar-refractivity contribution in [2.45, 2.75) is 19.9 Å². The predicted octanol–water partition coefficient (Wildman–Crippen LogP) is 4.18. The van der Waals surface area contributed by atoms with Gasteiger partial charge in [-0.2, -0.15) is 0 Å². The first kappa shape index (κ1) is 21.0. The number of pyridine rings is 1. The number of esters is 1. The van der Waals surface area contributed by atoms with E-state index in [9.17, 15) is 9.59 Å². The second-order valence-corrected chi connectivity index (χ2v) is 6.64. The normalized spacial score (nSPS) is 11.4. The quantitative estimate of drug-likeness (QED) is 0.570. The lowest BCUT2D eigenvalue weighted by Gasteiger charge is -2.15. The summed E-state index contributed by atoms with van der Waals surface area (Å²) in [7, 11) is 0. The second-order valence-electron chi connectivity index (χ2n) is 6.64. The van der Waals surface area contributed by atoms with Crippen molar-refractivity contribution in [2.24, 2.45) is 0 Å². The maximum absolute atomic E-state index is 12.3. The van der Waals surface area contributed by atoms with Crippen LogP contribution in [0.1, 0.15) is 35.8 Å². The monoisotopic (exact) mass is 404 g/mol. The summed E-state index contributed by atoms with van der Waals surface area (Å²) in [4.78, 5) is 28.5. The van der Waals surface area contributed by atoms with Gasteiger partial charge in [0.2, 0.25) is 5.88 Å². The maximum atomic E-state index is 12.3. The summed E-state index contributed by atoms with van der Waals surface area (Å²) in [5, 5.41) is 2.84. The second kappa shape index (κ2) is 10.2. The molecule has 1 amide bonds. The molecule has 0 aliphatic carbocycles. The molecule has 6 nitrogen and oxygen atoms in total. The largest absolute Gasteiger partial charge is 0.477 e.